The summed E-state index contributed by atoms with van der Waals surface area (Å²) < 4.78 is 23.5. The number of halogens is 1. The van der Waals surface area contributed by atoms with Crippen molar-refractivity contribution >= 4 is 12.2 Å². The van der Waals surface area contributed by atoms with Gasteiger partial charge in [0.05, 0.1) is 19.7 Å². The number of hydrogen-bond donors (Lipinski definition) is 1. The lowest BCUT2D eigenvalue weighted by Gasteiger charge is -2.35. The third kappa shape index (κ3) is 4.92. The molecule has 0 radical (unpaired) electrons. The minimum Gasteiger partial charge on any atom is -0.453 e. The number of carbonyl (C=O) groups is 2. The zero-order valence-corrected chi connectivity index (χ0v) is 11.7. The summed E-state index contributed by atoms with van der Waals surface area (Å²) in [4.78, 5) is 24.1. The fourth-order valence-electron chi connectivity index (χ4n) is 1.77. The Hall–Kier alpha value is -1.53. The average molecular weight is 276 g/mol. The predicted molar refractivity (Wildman–Crippen MR) is 66.6 cm³/mol. The lowest BCUT2D eigenvalue weighted by atomic mass is 10.0. The Morgan fingerprint density at radius 3 is 2.47 bits per heavy atom. The molecule has 0 bridgehead atoms. The van der Waals surface area contributed by atoms with E-state index in [1.807, 2.05) is 0 Å². The number of nitrogens with one attached hydrogen (secondary N) is 1. The Morgan fingerprint density at radius 2 is 2.00 bits per heavy atom. The van der Waals surface area contributed by atoms with Crippen molar-refractivity contribution < 1.29 is 23.5 Å². The molecule has 0 aliphatic carbocycles. The summed E-state index contributed by atoms with van der Waals surface area (Å²) in [5, 5.41) is 2.41. The third-order valence-electron chi connectivity index (χ3n) is 2.68. The van der Waals surface area contributed by atoms with Crippen molar-refractivity contribution in [2.75, 3.05) is 20.2 Å². The van der Waals surface area contributed by atoms with Gasteiger partial charge < -0.3 is 19.7 Å². The summed E-state index contributed by atoms with van der Waals surface area (Å²) in [6, 6.07) is -0.633. The number of methoxy groups -OCH3 is 1. The van der Waals surface area contributed by atoms with Crippen LogP contribution in [0.15, 0.2) is 0 Å². The number of ether oxygens (including phenoxy) is 2. The Labute approximate surface area is 112 Å². The van der Waals surface area contributed by atoms with E-state index in [1.165, 1.54) is 12.0 Å². The molecule has 2 amide bonds. The van der Waals surface area contributed by atoms with E-state index >= 15 is 0 Å². The van der Waals surface area contributed by atoms with Gasteiger partial charge in [0.1, 0.15) is 11.8 Å². The van der Waals surface area contributed by atoms with Gasteiger partial charge in [0.2, 0.25) is 0 Å². The molecule has 0 spiro atoms. The Kier molecular flexibility index (Phi) is 4.97. The molecule has 1 N–H and O–H groups in total. The van der Waals surface area contributed by atoms with Crippen LogP contribution in [0.4, 0.5) is 14.0 Å². The molecule has 2 atom stereocenters. The van der Waals surface area contributed by atoms with Crippen molar-refractivity contribution in [3.63, 3.8) is 0 Å². The Bertz CT molecular complexity index is 343. The third-order valence-corrected chi connectivity index (χ3v) is 2.68. The van der Waals surface area contributed by atoms with Crippen LogP contribution in [0, 0.1) is 0 Å². The number of carbonyl (C=O) groups excluding carboxylic acids is 2. The van der Waals surface area contributed by atoms with Gasteiger partial charge in [0.25, 0.3) is 0 Å². The lowest BCUT2D eigenvalue weighted by Crippen LogP contribution is -2.54. The van der Waals surface area contributed by atoms with Crippen LogP contribution in [0.1, 0.15) is 27.2 Å². The molecular weight excluding hydrogens is 255 g/mol. The highest BCUT2D eigenvalue weighted by Gasteiger charge is 2.34. The summed E-state index contributed by atoms with van der Waals surface area (Å²) in [6.45, 7) is 5.50. The van der Waals surface area contributed by atoms with E-state index in [1.54, 1.807) is 20.8 Å². The predicted octanol–water partition coefficient (Wildman–Crippen LogP) is 1.69. The zero-order chi connectivity index (χ0) is 14.6. The summed E-state index contributed by atoms with van der Waals surface area (Å²) in [5.41, 5.74) is -0.607. The number of alkyl carbamates (subject to hydrolysis) is 1. The first kappa shape index (κ1) is 15.5. The molecule has 1 heterocycles. The second-order valence-corrected chi connectivity index (χ2v) is 5.47. The van der Waals surface area contributed by atoms with Crippen LogP contribution in [0.2, 0.25) is 0 Å². The topological polar surface area (TPSA) is 67.9 Å². The summed E-state index contributed by atoms with van der Waals surface area (Å²) in [6.07, 6.45) is -2.21. The molecule has 1 saturated heterocycles. The van der Waals surface area contributed by atoms with Gasteiger partial charge in [-0.2, -0.15) is 0 Å². The molecular formula is C12H21FN2O4. The largest absolute Gasteiger partial charge is 0.453 e. The molecule has 1 aliphatic rings. The fourth-order valence-corrected chi connectivity index (χ4v) is 1.77. The number of piperidine rings is 1. The van der Waals surface area contributed by atoms with Gasteiger partial charge >= 0.3 is 12.2 Å². The fraction of sp³-hybridized carbons (Fsp3) is 0.833. The molecule has 0 aromatic rings. The minimum absolute atomic E-state index is 0.0937. The highest BCUT2D eigenvalue weighted by Crippen LogP contribution is 2.17. The van der Waals surface area contributed by atoms with Crippen LogP contribution in [0.5, 0.6) is 0 Å². The Morgan fingerprint density at radius 1 is 1.37 bits per heavy atom. The SMILES string of the molecule is COC(=O)N[C@H]1CCN(C(=O)OC(C)(C)C)C[C@H]1F. The first-order chi connectivity index (χ1) is 8.73. The summed E-state index contributed by atoms with van der Waals surface area (Å²) in [7, 11) is 1.22. The molecule has 0 unspecified atom stereocenters. The van der Waals surface area contributed by atoms with E-state index in [-0.39, 0.29) is 6.54 Å². The molecule has 7 heteroatoms. The van der Waals surface area contributed by atoms with E-state index in [0.717, 1.165) is 0 Å². The van der Waals surface area contributed by atoms with Crippen LogP contribution in [-0.2, 0) is 9.47 Å². The monoisotopic (exact) mass is 276 g/mol. The van der Waals surface area contributed by atoms with Gasteiger partial charge in [-0.15, -0.1) is 0 Å². The standard InChI is InChI=1S/C12H21FN2O4/c1-12(2,3)19-11(17)15-6-5-9(8(13)7-15)14-10(16)18-4/h8-9H,5-7H2,1-4H3,(H,14,16)/t8-,9+/m1/s1. The number of nitrogens with zero attached hydrogens (tertiary/aromatic N) is 1. The van der Waals surface area contributed by atoms with Crippen LogP contribution in [0.25, 0.3) is 0 Å². The van der Waals surface area contributed by atoms with Gasteiger partial charge in [-0.3, -0.25) is 0 Å². The molecule has 0 saturated carbocycles. The van der Waals surface area contributed by atoms with Crippen molar-refractivity contribution in [1.82, 2.24) is 10.2 Å². The van der Waals surface area contributed by atoms with Gasteiger partial charge in [0.15, 0.2) is 0 Å². The summed E-state index contributed by atoms with van der Waals surface area (Å²) >= 11 is 0. The maximum atomic E-state index is 13.9. The maximum Gasteiger partial charge on any atom is 0.410 e. The number of amides is 2. The highest BCUT2D eigenvalue weighted by molar-refractivity contribution is 5.69. The van der Waals surface area contributed by atoms with E-state index in [4.69, 9.17) is 4.74 Å². The van der Waals surface area contributed by atoms with Crippen molar-refractivity contribution in [2.24, 2.45) is 0 Å². The number of hydrogen-bond acceptors (Lipinski definition) is 4. The molecule has 0 aromatic heterocycles. The van der Waals surface area contributed by atoms with Gasteiger partial charge in [0, 0.05) is 6.54 Å². The number of likely N-dealkylation sites (tertiary alicyclic amines) is 1. The minimum atomic E-state index is -1.33. The quantitative estimate of drug-likeness (QED) is 0.791. The Balaban J connectivity index is 2.49. The van der Waals surface area contributed by atoms with Gasteiger partial charge in [-0.25, -0.2) is 14.0 Å². The summed E-state index contributed by atoms with van der Waals surface area (Å²) in [5.74, 6) is 0. The van der Waals surface area contributed by atoms with Crippen molar-refractivity contribution in [1.29, 1.82) is 0 Å². The number of alkyl halides is 1. The van der Waals surface area contributed by atoms with Crippen molar-refractivity contribution in [3.8, 4) is 0 Å². The normalized spacial score (nSPS) is 23.7. The molecule has 110 valence electrons. The molecule has 6 nitrogen and oxygen atoms in total. The van der Waals surface area contributed by atoms with E-state index in [9.17, 15) is 14.0 Å². The van der Waals surface area contributed by atoms with Gasteiger partial charge in [-0.05, 0) is 27.2 Å². The highest BCUT2D eigenvalue weighted by atomic mass is 19.1. The maximum absolute atomic E-state index is 13.9. The number of rotatable bonds is 1. The van der Waals surface area contributed by atoms with Gasteiger partial charge in [-0.1, -0.05) is 0 Å². The lowest BCUT2D eigenvalue weighted by molar-refractivity contribution is 0.00964. The van der Waals surface area contributed by atoms with E-state index in [0.29, 0.717) is 13.0 Å². The van der Waals surface area contributed by atoms with E-state index in [2.05, 4.69) is 10.1 Å². The van der Waals surface area contributed by atoms with Crippen LogP contribution >= 0.6 is 0 Å². The van der Waals surface area contributed by atoms with Crippen LogP contribution in [-0.4, -0.2) is 55.1 Å². The van der Waals surface area contributed by atoms with E-state index < -0.39 is 30.0 Å². The molecule has 1 aliphatic heterocycles. The second-order valence-electron chi connectivity index (χ2n) is 5.47. The van der Waals surface area contributed by atoms with Crippen LogP contribution in [0.3, 0.4) is 0 Å². The molecule has 19 heavy (non-hydrogen) atoms. The van der Waals surface area contributed by atoms with Crippen LogP contribution < -0.4 is 5.32 Å². The first-order valence-electron chi connectivity index (χ1n) is 6.19. The van der Waals surface area contributed by atoms with Crippen molar-refractivity contribution in [2.45, 2.75) is 45.0 Å². The average Bonchev–Trinajstić information content (AvgIpc) is 2.29. The van der Waals surface area contributed by atoms with Crippen molar-refractivity contribution in [3.05, 3.63) is 0 Å². The second kappa shape index (κ2) is 6.08. The molecule has 1 fully saturated rings. The smallest absolute Gasteiger partial charge is 0.410 e. The zero-order valence-electron chi connectivity index (χ0n) is 11.7. The molecule has 0 aromatic carbocycles. The molecule has 1 rings (SSSR count). The first-order valence-corrected chi connectivity index (χ1v) is 6.19.